The van der Waals surface area contributed by atoms with E-state index in [1.165, 1.54) is 0 Å². The minimum atomic E-state index is -0.0104. The van der Waals surface area contributed by atoms with Gasteiger partial charge in [-0.25, -0.2) is 0 Å². The second-order valence-corrected chi connectivity index (χ2v) is 4.63. The van der Waals surface area contributed by atoms with E-state index in [1.54, 1.807) is 17.1 Å². The van der Waals surface area contributed by atoms with Gasteiger partial charge >= 0.3 is 0 Å². The SMILES string of the molecule is CCn1cc(C(=O)NC2CCNC(C)C2)cn1.Cl. The number of aryl methyl sites for hydroxylation is 1. The first-order valence-corrected chi connectivity index (χ1v) is 6.25. The van der Waals surface area contributed by atoms with E-state index in [-0.39, 0.29) is 24.4 Å². The van der Waals surface area contributed by atoms with Gasteiger partial charge in [0.1, 0.15) is 0 Å². The molecule has 1 aromatic heterocycles. The van der Waals surface area contributed by atoms with Crippen LogP contribution in [0.3, 0.4) is 0 Å². The zero-order valence-electron chi connectivity index (χ0n) is 10.8. The van der Waals surface area contributed by atoms with E-state index < -0.39 is 0 Å². The van der Waals surface area contributed by atoms with Crippen molar-refractivity contribution in [2.75, 3.05) is 6.54 Å². The van der Waals surface area contributed by atoms with Gasteiger partial charge in [-0.3, -0.25) is 9.48 Å². The second-order valence-electron chi connectivity index (χ2n) is 4.63. The van der Waals surface area contributed by atoms with E-state index in [9.17, 15) is 4.79 Å². The minimum Gasteiger partial charge on any atom is -0.349 e. The summed E-state index contributed by atoms with van der Waals surface area (Å²) in [5.41, 5.74) is 0.651. The van der Waals surface area contributed by atoms with Gasteiger partial charge in [0, 0.05) is 24.8 Å². The van der Waals surface area contributed by atoms with E-state index in [0.29, 0.717) is 11.6 Å². The van der Waals surface area contributed by atoms with Gasteiger partial charge in [-0.1, -0.05) is 0 Å². The first kappa shape index (κ1) is 15.0. The predicted octanol–water partition coefficient (Wildman–Crippen LogP) is 1.20. The molecule has 2 atom stereocenters. The summed E-state index contributed by atoms with van der Waals surface area (Å²) in [6, 6.07) is 0.760. The zero-order chi connectivity index (χ0) is 12.3. The number of amides is 1. The van der Waals surface area contributed by atoms with Gasteiger partial charge in [-0.05, 0) is 33.2 Å². The Morgan fingerprint density at radius 3 is 3.06 bits per heavy atom. The van der Waals surface area contributed by atoms with Crippen LogP contribution in [0.5, 0.6) is 0 Å². The zero-order valence-corrected chi connectivity index (χ0v) is 11.7. The molecule has 18 heavy (non-hydrogen) atoms. The molecule has 0 saturated carbocycles. The van der Waals surface area contributed by atoms with Gasteiger partial charge in [-0.15, -0.1) is 12.4 Å². The van der Waals surface area contributed by atoms with E-state index in [2.05, 4.69) is 22.7 Å². The van der Waals surface area contributed by atoms with Gasteiger partial charge in [0.05, 0.1) is 11.8 Å². The maximum absolute atomic E-state index is 12.0. The molecular formula is C12H21ClN4O. The van der Waals surface area contributed by atoms with Crippen LogP contribution in [0.2, 0.25) is 0 Å². The topological polar surface area (TPSA) is 59.0 Å². The fraction of sp³-hybridized carbons (Fsp3) is 0.667. The molecule has 0 spiro atoms. The molecule has 0 bridgehead atoms. The number of halogens is 1. The lowest BCUT2D eigenvalue weighted by Crippen LogP contribution is -2.46. The summed E-state index contributed by atoms with van der Waals surface area (Å²) in [4.78, 5) is 12.0. The van der Waals surface area contributed by atoms with E-state index in [1.807, 2.05) is 6.92 Å². The number of aromatic nitrogens is 2. The van der Waals surface area contributed by atoms with E-state index >= 15 is 0 Å². The number of carbonyl (C=O) groups is 1. The Morgan fingerprint density at radius 2 is 2.44 bits per heavy atom. The second kappa shape index (κ2) is 6.75. The summed E-state index contributed by atoms with van der Waals surface area (Å²) in [6.07, 6.45) is 5.41. The number of piperidine rings is 1. The fourth-order valence-corrected chi connectivity index (χ4v) is 2.19. The van der Waals surface area contributed by atoms with Crippen LogP contribution >= 0.6 is 12.4 Å². The molecule has 1 aliphatic heterocycles. The number of rotatable bonds is 3. The molecule has 0 aromatic carbocycles. The third-order valence-corrected chi connectivity index (χ3v) is 3.18. The van der Waals surface area contributed by atoms with Crippen molar-refractivity contribution in [1.29, 1.82) is 0 Å². The molecule has 5 nitrogen and oxygen atoms in total. The molecule has 102 valence electrons. The summed E-state index contributed by atoms with van der Waals surface area (Å²) in [6.45, 7) is 5.91. The van der Waals surface area contributed by atoms with Crippen molar-refractivity contribution in [1.82, 2.24) is 20.4 Å². The highest BCUT2D eigenvalue weighted by atomic mass is 35.5. The number of carbonyl (C=O) groups excluding carboxylic acids is 1. The van der Waals surface area contributed by atoms with Crippen molar-refractivity contribution < 1.29 is 4.79 Å². The van der Waals surface area contributed by atoms with Crippen LogP contribution in [0, 0.1) is 0 Å². The Bertz CT molecular complexity index is 393. The Kier molecular flexibility index (Phi) is 5.62. The van der Waals surface area contributed by atoms with Crippen molar-refractivity contribution in [2.45, 2.75) is 45.3 Å². The quantitative estimate of drug-likeness (QED) is 0.869. The fourth-order valence-electron chi connectivity index (χ4n) is 2.19. The minimum absolute atomic E-state index is 0. The van der Waals surface area contributed by atoms with Crippen molar-refractivity contribution in [2.24, 2.45) is 0 Å². The Balaban J connectivity index is 0.00000162. The van der Waals surface area contributed by atoms with Crippen molar-refractivity contribution >= 4 is 18.3 Å². The van der Waals surface area contributed by atoms with Crippen LogP contribution in [0.25, 0.3) is 0 Å². The molecule has 1 aromatic rings. The van der Waals surface area contributed by atoms with Crippen LogP contribution in [0.15, 0.2) is 12.4 Å². The molecule has 1 fully saturated rings. The van der Waals surface area contributed by atoms with Gasteiger partial charge in [0.15, 0.2) is 0 Å². The lowest BCUT2D eigenvalue weighted by atomic mass is 10.0. The molecule has 1 aliphatic rings. The number of hydrogen-bond donors (Lipinski definition) is 2. The Labute approximate surface area is 114 Å². The molecule has 2 unspecified atom stereocenters. The van der Waals surface area contributed by atoms with Gasteiger partial charge in [0.2, 0.25) is 0 Å². The maximum atomic E-state index is 12.0. The van der Waals surface area contributed by atoms with Gasteiger partial charge in [-0.2, -0.15) is 5.10 Å². The first-order valence-electron chi connectivity index (χ1n) is 6.25. The Morgan fingerprint density at radius 1 is 1.67 bits per heavy atom. The lowest BCUT2D eigenvalue weighted by Gasteiger charge is -2.28. The molecule has 2 N–H and O–H groups in total. The summed E-state index contributed by atoms with van der Waals surface area (Å²) in [7, 11) is 0. The molecular weight excluding hydrogens is 252 g/mol. The lowest BCUT2D eigenvalue weighted by molar-refractivity contribution is 0.0925. The third-order valence-electron chi connectivity index (χ3n) is 3.18. The van der Waals surface area contributed by atoms with Crippen LogP contribution in [-0.2, 0) is 6.54 Å². The van der Waals surface area contributed by atoms with Crippen molar-refractivity contribution in [3.05, 3.63) is 18.0 Å². The molecule has 2 rings (SSSR count). The normalized spacial score (nSPS) is 23.2. The summed E-state index contributed by atoms with van der Waals surface area (Å²) in [5, 5.41) is 10.5. The summed E-state index contributed by atoms with van der Waals surface area (Å²) < 4.78 is 1.76. The highest BCUT2D eigenvalue weighted by molar-refractivity contribution is 5.93. The van der Waals surface area contributed by atoms with Crippen LogP contribution in [0.1, 0.15) is 37.0 Å². The highest BCUT2D eigenvalue weighted by Crippen LogP contribution is 2.09. The van der Waals surface area contributed by atoms with Crippen molar-refractivity contribution in [3.63, 3.8) is 0 Å². The van der Waals surface area contributed by atoms with Gasteiger partial charge in [0.25, 0.3) is 5.91 Å². The largest absolute Gasteiger partial charge is 0.349 e. The predicted molar refractivity (Wildman–Crippen MR) is 73.1 cm³/mol. The third kappa shape index (κ3) is 3.71. The van der Waals surface area contributed by atoms with E-state index in [0.717, 1.165) is 25.9 Å². The van der Waals surface area contributed by atoms with Crippen molar-refractivity contribution in [3.8, 4) is 0 Å². The maximum Gasteiger partial charge on any atom is 0.254 e. The highest BCUT2D eigenvalue weighted by Gasteiger charge is 2.20. The summed E-state index contributed by atoms with van der Waals surface area (Å²) >= 11 is 0. The molecule has 1 saturated heterocycles. The number of nitrogens with zero attached hydrogens (tertiary/aromatic N) is 2. The Hall–Kier alpha value is -1.07. The standard InChI is InChI=1S/C12H20N4O.ClH/c1-3-16-8-10(7-14-16)12(17)15-11-4-5-13-9(2)6-11;/h7-9,11,13H,3-6H2,1-2H3,(H,15,17);1H. The number of hydrogen-bond acceptors (Lipinski definition) is 3. The molecule has 0 aliphatic carbocycles. The monoisotopic (exact) mass is 272 g/mol. The van der Waals surface area contributed by atoms with E-state index in [4.69, 9.17) is 0 Å². The average molecular weight is 273 g/mol. The number of nitrogens with one attached hydrogen (secondary N) is 2. The summed E-state index contributed by atoms with van der Waals surface area (Å²) in [5.74, 6) is -0.0104. The molecule has 6 heteroatoms. The first-order chi connectivity index (χ1) is 8.19. The van der Waals surface area contributed by atoms with Crippen LogP contribution in [0.4, 0.5) is 0 Å². The van der Waals surface area contributed by atoms with Gasteiger partial charge < -0.3 is 10.6 Å². The van der Waals surface area contributed by atoms with Crippen LogP contribution < -0.4 is 10.6 Å². The molecule has 0 radical (unpaired) electrons. The molecule has 2 heterocycles. The smallest absolute Gasteiger partial charge is 0.254 e. The average Bonchev–Trinajstić information content (AvgIpc) is 2.77. The molecule has 1 amide bonds. The van der Waals surface area contributed by atoms with Crippen LogP contribution in [-0.4, -0.2) is 34.3 Å².